The molecule has 10 heteroatoms. The number of hydrogen-bond acceptors (Lipinski definition) is 8. The minimum atomic E-state index is -0.910. The fraction of sp³-hybridized carbons (Fsp3) is 0.520. The molecule has 2 aliphatic heterocycles. The maximum Gasteiger partial charge on any atom is 0.337 e. The van der Waals surface area contributed by atoms with E-state index >= 15 is 0 Å². The fourth-order valence-corrected chi connectivity index (χ4v) is 6.93. The molecule has 1 saturated carbocycles. The first-order valence-electron chi connectivity index (χ1n) is 11.8. The van der Waals surface area contributed by atoms with Crippen molar-refractivity contribution in [2.24, 2.45) is 11.7 Å². The van der Waals surface area contributed by atoms with E-state index in [2.05, 4.69) is 22.1 Å². The molecule has 4 unspecified atom stereocenters. The Morgan fingerprint density at radius 1 is 1.49 bits per heavy atom. The van der Waals surface area contributed by atoms with E-state index in [0.717, 1.165) is 17.8 Å². The van der Waals surface area contributed by atoms with E-state index in [-0.39, 0.29) is 22.2 Å². The number of esters is 1. The highest BCUT2D eigenvalue weighted by Gasteiger charge is 2.70. The molecule has 2 saturated heterocycles. The van der Waals surface area contributed by atoms with Gasteiger partial charge in [0.1, 0.15) is 16.4 Å². The van der Waals surface area contributed by atoms with Crippen molar-refractivity contribution in [3.8, 4) is 0 Å². The number of ether oxygens (including phenoxy) is 2. The van der Waals surface area contributed by atoms with Crippen molar-refractivity contribution in [3.05, 3.63) is 62.5 Å². The lowest BCUT2D eigenvalue weighted by atomic mass is 9.72. The van der Waals surface area contributed by atoms with Gasteiger partial charge in [0.15, 0.2) is 0 Å². The highest BCUT2D eigenvalue weighted by Crippen LogP contribution is 2.57. The third-order valence-corrected chi connectivity index (χ3v) is 8.91. The van der Waals surface area contributed by atoms with Gasteiger partial charge in [-0.1, -0.05) is 24.6 Å². The summed E-state index contributed by atoms with van der Waals surface area (Å²) < 4.78 is 25.0. The van der Waals surface area contributed by atoms with Gasteiger partial charge in [-0.25, -0.2) is 14.2 Å². The van der Waals surface area contributed by atoms with Crippen LogP contribution in [-0.4, -0.2) is 53.8 Å². The number of benzene rings is 1. The molecular formula is C25H30ClFN4O3S. The molecule has 3 heterocycles. The van der Waals surface area contributed by atoms with Gasteiger partial charge in [-0.2, -0.15) is 0 Å². The number of carbonyl (C=O) groups is 1. The molecule has 3 aliphatic rings. The minimum Gasteiger partial charge on any atom is -0.466 e. The van der Waals surface area contributed by atoms with E-state index in [1.54, 1.807) is 6.20 Å². The Labute approximate surface area is 213 Å². The van der Waals surface area contributed by atoms with E-state index < -0.39 is 17.8 Å². The average Bonchev–Trinajstić information content (AvgIpc) is 3.46. The van der Waals surface area contributed by atoms with Gasteiger partial charge in [0.25, 0.3) is 0 Å². The highest BCUT2D eigenvalue weighted by atomic mass is 35.5. The summed E-state index contributed by atoms with van der Waals surface area (Å²) in [5.74, 6) is -0.437. The zero-order chi connectivity index (χ0) is 24.9. The summed E-state index contributed by atoms with van der Waals surface area (Å²) in [5.41, 5.74) is 7.97. The van der Waals surface area contributed by atoms with Crippen molar-refractivity contribution >= 4 is 28.9 Å². The molecule has 1 aromatic heterocycles. The van der Waals surface area contributed by atoms with Gasteiger partial charge >= 0.3 is 5.97 Å². The number of nitrogens with zero attached hydrogens (tertiary/aromatic N) is 2. The standard InChI is InChI=1S/C25H30ClFN4O3S/c1-13-8-19-25(10-13)20(12-34-25)31(19)11-18(30-14(2)23-29-6-7-35-23)21(24(32)33-3)22(28)16-5-4-15(27)9-17(16)26/h4-7,9,13-14,19-20,22,30H,8,10-12,28H2,1-3H3/b21-18+/t13-,14?,19?,20?,22+,25?/m1/s1. The van der Waals surface area contributed by atoms with Crippen LogP contribution in [0.25, 0.3) is 0 Å². The Bertz CT molecular complexity index is 1150. The number of likely N-dealkylation sites (tertiary alicyclic amines) is 1. The van der Waals surface area contributed by atoms with Crippen LogP contribution in [0.1, 0.15) is 49.3 Å². The van der Waals surface area contributed by atoms with Crippen LogP contribution in [0.2, 0.25) is 5.02 Å². The number of nitrogens with two attached hydrogens (primary N) is 1. The van der Waals surface area contributed by atoms with Gasteiger partial charge in [0.05, 0.1) is 37.4 Å². The average molecular weight is 521 g/mol. The fourth-order valence-electron chi connectivity index (χ4n) is 6.00. The van der Waals surface area contributed by atoms with E-state index in [0.29, 0.717) is 42.4 Å². The molecule has 1 spiro atoms. The molecule has 0 bridgehead atoms. The van der Waals surface area contributed by atoms with Gasteiger partial charge in [0, 0.05) is 34.9 Å². The number of thiazole rings is 1. The van der Waals surface area contributed by atoms with Gasteiger partial charge in [-0.3, -0.25) is 4.90 Å². The Morgan fingerprint density at radius 3 is 2.91 bits per heavy atom. The molecule has 0 amide bonds. The zero-order valence-electron chi connectivity index (χ0n) is 20.0. The minimum absolute atomic E-state index is 0.0563. The summed E-state index contributed by atoms with van der Waals surface area (Å²) in [7, 11) is 1.33. The van der Waals surface area contributed by atoms with E-state index in [9.17, 15) is 9.18 Å². The first-order chi connectivity index (χ1) is 16.7. The first-order valence-corrected chi connectivity index (χ1v) is 13.1. The summed E-state index contributed by atoms with van der Waals surface area (Å²) in [6.07, 6.45) is 3.87. The third kappa shape index (κ3) is 4.17. The van der Waals surface area contributed by atoms with Crippen LogP contribution in [0.5, 0.6) is 0 Å². The van der Waals surface area contributed by atoms with Crippen molar-refractivity contribution in [1.29, 1.82) is 0 Å². The van der Waals surface area contributed by atoms with Crippen LogP contribution in [0, 0.1) is 11.7 Å². The molecule has 35 heavy (non-hydrogen) atoms. The van der Waals surface area contributed by atoms with E-state index in [4.69, 9.17) is 26.8 Å². The van der Waals surface area contributed by atoms with Crippen molar-refractivity contribution < 1.29 is 18.7 Å². The lowest BCUT2D eigenvalue weighted by Gasteiger charge is -2.67. The lowest BCUT2D eigenvalue weighted by molar-refractivity contribution is -0.312. The second-order valence-electron chi connectivity index (χ2n) is 9.78. The highest BCUT2D eigenvalue weighted by molar-refractivity contribution is 7.09. The van der Waals surface area contributed by atoms with Crippen molar-refractivity contribution in [3.63, 3.8) is 0 Å². The molecule has 6 atom stereocenters. The summed E-state index contributed by atoms with van der Waals surface area (Å²) in [5, 5.41) is 6.47. The Morgan fingerprint density at radius 2 is 2.29 bits per heavy atom. The summed E-state index contributed by atoms with van der Waals surface area (Å²) in [6, 6.07) is 3.55. The maximum absolute atomic E-state index is 13.7. The van der Waals surface area contributed by atoms with Crippen LogP contribution < -0.4 is 11.1 Å². The topological polar surface area (TPSA) is 89.7 Å². The van der Waals surface area contributed by atoms with Gasteiger partial charge in [0.2, 0.25) is 0 Å². The zero-order valence-corrected chi connectivity index (χ0v) is 21.5. The SMILES string of the molecule is COC(=O)/C(=C(\CN1C2COC23C[C@H](C)CC13)NC(C)c1nccs1)[C@@H](N)c1ccc(F)cc1Cl. The number of halogens is 2. The second-order valence-corrected chi connectivity index (χ2v) is 11.1. The number of carbonyl (C=O) groups excluding carboxylic acids is 1. The molecule has 0 radical (unpaired) electrons. The Hall–Kier alpha value is -2.04. The third-order valence-electron chi connectivity index (χ3n) is 7.62. The summed E-state index contributed by atoms with van der Waals surface area (Å²) in [6.45, 7) is 5.42. The van der Waals surface area contributed by atoms with Gasteiger partial charge in [-0.05, 0) is 43.4 Å². The monoisotopic (exact) mass is 520 g/mol. The molecular weight excluding hydrogens is 491 g/mol. The quantitative estimate of drug-likeness (QED) is 0.402. The molecule has 2 aromatic rings. The van der Waals surface area contributed by atoms with Gasteiger partial charge < -0.3 is 20.5 Å². The number of rotatable bonds is 8. The normalized spacial score (nSPS) is 29.7. The maximum atomic E-state index is 13.7. The van der Waals surface area contributed by atoms with Crippen LogP contribution in [0.3, 0.4) is 0 Å². The van der Waals surface area contributed by atoms with Crippen molar-refractivity contribution in [2.45, 2.75) is 56.5 Å². The second kappa shape index (κ2) is 9.44. The first kappa shape index (κ1) is 24.6. The van der Waals surface area contributed by atoms with Crippen molar-refractivity contribution in [2.75, 3.05) is 20.3 Å². The predicted molar refractivity (Wildman–Crippen MR) is 132 cm³/mol. The molecule has 7 nitrogen and oxygen atoms in total. The number of morpholine rings is 1. The lowest BCUT2D eigenvalue weighted by Crippen LogP contribution is -2.83. The number of methoxy groups -OCH3 is 1. The Balaban J connectivity index is 1.54. The summed E-state index contributed by atoms with van der Waals surface area (Å²) in [4.78, 5) is 20.0. The number of nitrogens with one attached hydrogen (secondary N) is 1. The predicted octanol–water partition coefficient (Wildman–Crippen LogP) is 3.97. The van der Waals surface area contributed by atoms with Crippen LogP contribution in [-0.2, 0) is 14.3 Å². The van der Waals surface area contributed by atoms with E-state index in [1.165, 1.54) is 36.6 Å². The van der Waals surface area contributed by atoms with Crippen LogP contribution >= 0.6 is 22.9 Å². The smallest absolute Gasteiger partial charge is 0.337 e. The molecule has 188 valence electrons. The van der Waals surface area contributed by atoms with E-state index in [1.807, 2.05) is 12.3 Å². The molecule has 5 rings (SSSR count). The molecule has 3 N–H and O–H groups in total. The van der Waals surface area contributed by atoms with Crippen LogP contribution in [0.4, 0.5) is 4.39 Å². The molecule has 1 aromatic carbocycles. The molecule has 3 fully saturated rings. The summed E-state index contributed by atoms with van der Waals surface area (Å²) >= 11 is 7.87. The van der Waals surface area contributed by atoms with Crippen LogP contribution in [0.15, 0.2) is 41.0 Å². The van der Waals surface area contributed by atoms with Crippen molar-refractivity contribution in [1.82, 2.24) is 15.2 Å². The number of aromatic nitrogens is 1. The molecule has 1 aliphatic carbocycles. The Kier molecular flexibility index (Phi) is 6.65. The van der Waals surface area contributed by atoms with Gasteiger partial charge in [-0.15, -0.1) is 11.3 Å². The largest absolute Gasteiger partial charge is 0.466 e. The number of hydrogen-bond donors (Lipinski definition) is 2.